The van der Waals surface area contributed by atoms with E-state index >= 15 is 0 Å². The van der Waals surface area contributed by atoms with Gasteiger partial charge in [-0.15, -0.1) is 0 Å². The average Bonchev–Trinajstić information content (AvgIpc) is 3.14. The van der Waals surface area contributed by atoms with Crippen LogP contribution < -0.4 is 4.74 Å². The topological polar surface area (TPSA) is 58.0 Å². The first-order valence-electron chi connectivity index (χ1n) is 8.65. The molecule has 0 saturated carbocycles. The predicted molar refractivity (Wildman–Crippen MR) is 105 cm³/mol. The van der Waals surface area contributed by atoms with Crippen molar-refractivity contribution in [2.45, 2.75) is 31.2 Å². The molecule has 2 aliphatic heterocycles. The monoisotopic (exact) mass is 389 g/mol. The molecular formula is C19H20ClN3O2S. The van der Waals surface area contributed by atoms with Gasteiger partial charge in [0.15, 0.2) is 16.7 Å². The minimum absolute atomic E-state index is 0.0540. The van der Waals surface area contributed by atoms with Gasteiger partial charge in [-0.3, -0.25) is 9.98 Å². The first-order valence-corrected chi connectivity index (χ1v) is 9.91. The van der Waals surface area contributed by atoms with Crippen LogP contribution in [0.2, 0.25) is 5.02 Å². The van der Waals surface area contributed by atoms with E-state index in [4.69, 9.17) is 21.3 Å². The lowest BCUT2D eigenvalue weighted by atomic mass is 9.96. The number of pyridine rings is 1. The van der Waals surface area contributed by atoms with Crippen LogP contribution in [0.4, 0.5) is 0 Å². The van der Waals surface area contributed by atoms with Gasteiger partial charge >= 0.3 is 0 Å². The summed E-state index contributed by atoms with van der Waals surface area (Å²) in [6.45, 7) is 5.46. The molecule has 1 aromatic carbocycles. The molecule has 0 aliphatic carbocycles. The second kappa shape index (κ2) is 7.00. The van der Waals surface area contributed by atoms with E-state index < -0.39 is 0 Å². The number of amidine groups is 1. The van der Waals surface area contributed by atoms with E-state index in [0.29, 0.717) is 22.6 Å². The van der Waals surface area contributed by atoms with Crippen LogP contribution in [-0.2, 0) is 0 Å². The second-order valence-corrected chi connectivity index (χ2v) is 8.22. The minimum atomic E-state index is -0.136. The van der Waals surface area contributed by atoms with E-state index in [9.17, 15) is 5.11 Å². The summed E-state index contributed by atoms with van der Waals surface area (Å²) in [5.74, 6) is 0.498. The molecule has 1 N–H and O–H groups in total. The Labute approximate surface area is 162 Å². The molecule has 0 spiro atoms. The fourth-order valence-electron chi connectivity index (χ4n) is 3.51. The van der Waals surface area contributed by atoms with Gasteiger partial charge in [0.2, 0.25) is 0 Å². The summed E-state index contributed by atoms with van der Waals surface area (Å²) in [7, 11) is 0. The fourth-order valence-corrected chi connectivity index (χ4v) is 4.87. The number of fused-ring (bicyclic) bond motifs is 1. The number of nitrogens with zero attached hydrogens (tertiary/aromatic N) is 3. The zero-order valence-corrected chi connectivity index (χ0v) is 16.2. The summed E-state index contributed by atoms with van der Waals surface area (Å²) >= 11 is 8.32. The van der Waals surface area contributed by atoms with Crippen molar-refractivity contribution < 1.29 is 9.84 Å². The highest BCUT2D eigenvalue weighted by molar-refractivity contribution is 8.14. The summed E-state index contributed by atoms with van der Waals surface area (Å²) in [5.41, 5.74) is 1.81. The third-order valence-corrected chi connectivity index (χ3v) is 6.01. The maximum absolute atomic E-state index is 10.1. The Morgan fingerprint density at radius 3 is 2.96 bits per heavy atom. The van der Waals surface area contributed by atoms with E-state index in [0.717, 1.165) is 23.0 Å². The number of ether oxygens (including phenoxy) is 1. The quantitative estimate of drug-likeness (QED) is 0.838. The third-order valence-electron chi connectivity index (χ3n) is 4.58. The lowest BCUT2D eigenvalue weighted by molar-refractivity contribution is 0.306. The van der Waals surface area contributed by atoms with Gasteiger partial charge in [0.1, 0.15) is 6.04 Å². The van der Waals surface area contributed by atoms with Gasteiger partial charge in [-0.2, -0.15) is 0 Å². The van der Waals surface area contributed by atoms with Crippen LogP contribution in [0.25, 0.3) is 0 Å². The Hall–Kier alpha value is -1.92. The van der Waals surface area contributed by atoms with Crippen LogP contribution in [0.1, 0.15) is 37.2 Å². The molecule has 4 rings (SSSR count). The van der Waals surface area contributed by atoms with Gasteiger partial charge in [0, 0.05) is 29.1 Å². The first kappa shape index (κ1) is 17.5. The molecular weight excluding hydrogens is 370 g/mol. The number of halogens is 1. The van der Waals surface area contributed by atoms with Gasteiger partial charge in [-0.1, -0.05) is 36.4 Å². The van der Waals surface area contributed by atoms with Gasteiger partial charge < -0.3 is 14.7 Å². The Morgan fingerprint density at radius 1 is 1.38 bits per heavy atom. The number of phenols is 1. The van der Waals surface area contributed by atoms with Crippen molar-refractivity contribution in [3.63, 3.8) is 0 Å². The van der Waals surface area contributed by atoms with Crippen LogP contribution in [-0.4, -0.2) is 38.6 Å². The number of benzene rings is 1. The fraction of sp³-hybridized carbons (Fsp3) is 0.368. The number of phenolic OH excluding ortho intramolecular Hbond substituents is 1. The van der Waals surface area contributed by atoms with Crippen molar-refractivity contribution in [3.05, 3.63) is 52.8 Å². The molecule has 136 valence electrons. The van der Waals surface area contributed by atoms with Crippen molar-refractivity contribution >= 4 is 28.5 Å². The maximum atomic E-state index is 10.1. The second-order valence-electron chi connectivity index (χ2n) is 6.41. The number of rotatable bonds is 4. The van der Waals surface area contributed by atoms with Gasteiger partial charge in [-0.05, 0) is 30.7 Å². The Kier molecular flexibility index (Phi) is 4.71. The van der Waals surface area contributed by atoms with E-state index in [-0.39, 0.29) is 17.8 Å². The van der Waals surface area contributed by atoms with Crippen LogP contribution in [0.3, 0.4) is 0 Å². The predicted octanol–water partition coefficient (Wildman–Crippen LogP) is 4.43. The largest absolute Gasteiger partial charge is 0.504 e. The molecule has 26 heavy (non-hydrogen) atoms. The SMILES string of the molecule is CCOc1cc([C@@H]2[C@H](c3ccccn3)N=C3S[C@@H](C)CN32)c(Cl)cc1O. The number of aromatic nitrogens is 1. The molecule has 7 heteroatoms. The summed E-state index contributed by atoms with van der Waals surface area (Å²) in [5, 5.41) is 12.1. The molecule has 1 saturated heterocycles. The van der Waals surface area contributed by atoms with Gasteiger partial charge in [0.25, 0.3) is 0 Å². The number of hydrogen-bond donors (Lipinski definition) is 1. The van der Waals surface area contributed by atoms with E-state index in [1.807, 2.05) is 31.2 Å². The van der Waals surface area contributed by atoms with Crippen molar-refractivity contribution in [2.75, 3.05) is 13.2 Å². The van der Waals surface area contributed by atoms with Crippen molar-refractivity contribution in [1.82, 2.24) is 9.88 Å². The Balaban J connectivity index is 1.81. The van der Waals surface area contributed by atoms with E-state index in [1.165, 1.54) is 0 Å². The normalized spacial score (nSPS) is 24.5. The molecule has 0 amide bonds. The van der Waals surface area contributed by atoms with E-state index in [1.54, 1.807) is 24.0 Å². The van der Waals surface area contributed by atoms with Crippen LogP contribution in [0.15, 0.2) is 41.5 Å². The molecule has 3 heterocycles. The lowest BCUT2D eigenvalue weighted by Crippen LogP contribution is -2.28. The molecule has 5 nitrogen and oxygen atoms in total. The zero-order chi connectivity index (χ0) is 18.3. The molecule has 1 aromatic heterocycles. The molecule has 1 fully saturated rings. The van der Waals surface area contributed by atoms with Crippen molar-refractivity contribution in [3.8, 4) is 11.5 Å². The number of hydrogen-bond acceptors (Lipinski definition) is 6. The van der Waals surface area contributed by atoms with Crippen LogP contribution >= 0.6 is 23.4 Å². The molecule has 0 radical (unpaired) electrons. The van der Waals surface area contributed by atoms with Crippen LogP contribution in [0, 0.1) is 0 Å². The molecule has 0 unspecified atom stereocenters. The highest BCUT2D eigenvalue weighted by Crippen LogP contribution is 2.50. The first-order chi connectivity index (χ1) is 12.6. The zero-order valence-electron chi connectivity index (χ0n) is 14.6. The average molecular weight is 390 g/mol. The van der Waals surface area contributed by atoms with Crippen molar-refractivity contribution in [2.24, 2.45) is 4.99 Å². The molecule has 2 aromatic rings. The highest BCUT2D eigenvalue weighted by atomic mass is 35.5. The van der Waals surface area contributed by atoms with E-state index in [2.05, 4.69) is 16.8 Å². The number of aromatic hydroxyl groups is 1. The molecule has 0 bridgehead atoms. The van der Waals surface area contributed by atoms with Crippen LogP contribution in [0.5, 0.6) is 11.5 Å². The molecule has 2 aliphatic rings. The smallest absolute Gasteiger partial charge is 0.161 e. The third kappa shape index (κ3) is 3.01. The number of aliphatic imine (C=N–C) groups is 1. The Morgan fingerprint density at radius 2 is 2.23 bits per heavy atom. The Bertz CT molecular complexity index is 846. The number of thioether (sulfide) groups is 1. The highest BCUT2D eigenvalue weighted by Gasteiger charge is 2.44. The summed E-state index contributed by atoms with van der Waals surface area (Å²) in [6, 6.07) is 9.07. The van der Waals surface area contributed by atoms with Gasteiger partial charge in [-0.25, -0.2) is 0 Å². The minimum Gasteiger partial charge on any atom is -0.504 e. The van der Waals surface area contributed by atoms with Crippen molar-refractivity contribution in [1.29, 1.82) is 0 Å². The lowest BCUT2D eigenvalue weighted by Gasteiger charge is -2.28. The summed E-state index contributed by atoms with van der Waals surface area (Å²) in [6.07, 6.45) is 1.79. The standard InChI is InChI=1S/C19H20ClN3O2S/c1-3-25-16-8-12(13(20)9-15(16)24)18-17(14-6-4-5-7-21-14)22-19-23(18)10-11(2)26-19/h4-9,11,17-18,24H,3,10H2,1-2H3/t11-,17-,18+/m0/s1. The summed E-state index contributed by atoms with van der Waals surface area (Å²) in [4.78, 5) is 11.8. The molecule has 3 atom stereocenters. The van der Waals surface area contributed by atoms with Gasteiger partial charge in [0.05, 0.1) is 18.3 Å². The maximum Gasteiger partial charge on any atom is 0.161 e. The summed E-state index contributed by atoms with van der Waals surface area (Å²) < 4.78 is 5.58.